The Morgan fingerprint density at radius 3 is 2.27 bits per heavy atom. The molecule has 3 rings (SSSR count). The first-order chi connectivity index (χ1) is 14.5. The van der Waals surface area contributed by atoms with E-state index in [4.69, 9.17) is 4.74 Å². The van der Waals surface area contributed by atoms with Gasteiger partial charge >= 0.3 is 5.97 Å². The van der Waals surface area contributed by atoms with Crippen molar-refractivity contribution in [3.05, 3.63) is 70.8 Å². The van der Waals surface area contributed by atoms with Crippen molar-refractivity contribution in [3.63, 3.8) is 0 Å². The molecule has 156 valence electrons. The summed E-state index contributed by atoms with van der Waals surface area (Å²) >= 11 is 0. The van der Waals surface area contributed by atoms with Crippen LogP contribution in [0.1, 0.15) is 44.7 Å². The Morgan fingerprint density at radius 1 is 0.967 bits per heavy atom. The van der Waals surface area contributed by atoms with E-state index in [1.807, 2.05) is 31.2 Å². The summed E-state index contributed by atoms with van der Waals surface area (Å²) in [5, 5.41) is 2.72. The number of hydrogen-bond acceptors (Lipinski definition) is 5. The van der Waals surface area contributed by atoms with E-state index in [-0.39, 0.29) is 43.7 Å². The van der Waals surface area contributed by atoms with Gasteiger partial charge in [-0.1, -0.05) is 36.4 Å². The summed E-state index contributed by atoms with van der Waals surface area (Å²) in [6.07, 6.45) is 0.996. The molecule has 1 heterocycles. The second-order valence-electron chi connectivity index (χ2n) is 7.10. The van der Waals surface area contributed by atoms with Gasteiger partial charge in [0.05, 0.1) is 11.1 Å². The van der Waals surface area contributed by atoms with Crippen LogP contribution >= 0.6 is 0 Å². The Kier molecular flexibility index (Phi) is 6.95. The fraction of sp³-hybridized carbons (Fsp3) is 0.304. The maximum atomic E-state index is 12.3. The first-order valence-electron chi connectivity index (χ1n) is 9.89. The van der Waals surface area contributed by atoms with Gasteiger partial charge in [-0.15, -0.1) is 0 Å². The third-order valence-electron chi connectivity index (χ3n) is 4.98. The van der Waals surface area contributed by atoms with Crippen LogP contribution in [0.4, 0.5) is 0 Å². The largest absolute Gasteiger partial charge is 0.456 e. The highest BCUT2D eigenvalue weighted by Gasteiger charge is 2.34. The van der Waals surface area contributed by atoms with Gasteiger partial charge in [-0.25, -0.2) is 0 Å². The van der Waals surface area contributed by atoms with Gasteiger partial charge in [0, 0.05) is 19.5 Å². The van der Waals surface area contributed by atoms with Crippen LogP contribution < -0.4 is 5.32 Å². The Morgan fingerprint density at radius 2 is 1.60 bits per heavy atom. The van der Waals surface area contributed by atoms with Crippen LogP contribution in [0.3, 0.4) is 0 Å². The van der Waals surface area contributed by atoms with Crippen molar-refractivity contribution in [1.82, 2.24) is 10.2 Å². The van der Waals surface area contributed by atoms with E-state index >= 15 is 0 Å². The minimum absolute atomic E-state index is 0.0178. The quantitative estimate of drug-likeness (QED) is 0.508. The Balaban J connectivity index is 1.32. The van der Waals surface area contributed by atoms with Crippen molar-refractivity contribution in [1.29, 1.82) is 0 Å². The molecule has 0 atom stereocenters. The first kappa shape index (κ1) is 21.2. The van der Waals surface area contributed by atoms with E-state index in [1.165, 1.54) is 0 Å². The number of esters is 1. The molecule has 0 bridgehead atoms. The van der Waals surface area contributed by atoms with Gasteiger partial charge in [-0.3, -0.25) is 24.1 Å². The fourth-order valence-electron chi connectivity index (χ4n) is 3.32. The molecule has 1 aliphatic heterocycles. The Bertz CT molecular complexity index is 935. The third-order valence-corrected chi connectivity index (χ3v) is 4.98. The van der Waals surface area contributed by atoms with Gasteiger partial charge in [0.25, 0.3) is 17.7 Å². The molecule has 0 aromatic heterocycles. The number of fused-ring (bicyclic) bond motifs is 1. The minimum Gasteiger partial charge on any atom is -0.456 e. The number of amides is 3. The van der Waals surface area contributed by atoms with Gasteiger partial charge < -0.3 is 10.1 Å². The van der Waals surface area contributed by atoms with Gasteiger partial charge in [0.1, 0.15) is 0 Å². The molecule has 1 N–H and O–H groups in total. The molecule has 0 spiro atoms. The number of rotatable bonds is 9. The average Bonchev–Trinajstić information content (AvgIpc) is 2.99. The molecule has 1 aliphatic rings. The zero-order valence-electron chi connectivity index (χ0n) is 16.8. The Labute approximate surface area is 175 Å². The lowest BCUT2D eigenvalue weighted by atomic mass is 10.1. The van der Waals surface area contributed by atoms with Crippen LogP contribution in [0, 0.1) is 6.92 Å². The summed E-state index contributed by atoms with van der Waals surface area (Å²) in [7, 11) is 0. The molecular formula is C23H24N2O5. The molecule has 0 fully saturated rings. The minimum atomic E-state index is -0.541. The zero-order chi connectivity index (χ0) is 21.5. The average molecular weight is 408 g/mol. The normalized spacial score (nSPS) is 12.6. The summed E-state index contributed by atoms with van der Waals surface area (Å²) in [4.78, 5) is 49.3. The van der Waals surface area contributed by atoms with Crippen LogP contribution in [0.25, 0.3) is 0 Å². The number of carbonyl (C=O) groups is 4. The molecule has 0 saturated carbocycles. The standard InChI is InChI=1S/C23H24N2O5/c1-16-7-2-3-8-17(16)12-13-24-20(26)15-30-21(27)11-6-14-25-22(28)18-9-4-5-10-19(18)23(25)29/h2-5,7-10H,6,11-15H2,1H3,(H,24,26). The van der Waals surface area contributed by atoms with Crippen LogP contribution in [0.5, 0.6) is 0 Å². The Hall–Kier alpha value is -3.48. The SMILES string of the molecule is Cc1ccccc1CCNC(=O)COC(=O)CCCN1C(=O)c2ccccc2C1=O. The van der Waals surface area contributed by atoms with Gasteiger partial charge in [-0.05, 0) is 43.0 Å². The van der Waals surface area contributed by atoms with Crippen molar-refractivity contribution in [3.8, 4) is 0 Å². The lowest BCUT2D eigenvalue weighted by Crippen LogP contribution is -2.32. The topological polar surface area (TPSA) is 92.8 Å². The zero-order valence-corrected chi connectivity index (χ0v) is 16.8. The number of hydrogen-bond donors (Lipinski definition) is 1. The van der Waals surface area contributed by atoms with Crippen LogP contribution in [-0.4, -0.2) is 48.3 Å². The van der Waals surface area contributed by atoms with Crippen molar-refractivity contribution in [2.24, 2.45) is 0 Å². The molecule has 0 aliphatic carbocycles. The highest BCUT2D eigenvalue weighted by Crippen LogP contribution is 2.22. The molecule has 0 unspecified atom stereocenters. The summed E-state index contributed by atoms with van der Waals surface area (Å²) < 4.78 is 4.97. The second kappa shape index (κ2) is 9.82. The van der Waals surface area contributed by atoms with Crippen molar-refractivity contribution in [2.45, 2.75) is 26.2 Å². The van der Waals surface area contributed by atoms with E-state index in [9.17, 15) is 19.2 Å². The van der Waals surface area contributed by atoms with Gasteiger partial charge in [0.15, 0.2) is 6.61 Å². The monoisotopic (exact) mass is 408 g/mol. The second-order valence-corrected chi connectivity index (χ2v) is 7.10. The van der Waals surface area contributed by atoms with E-state index in [0.29, 0.717) is 24.1 Å². The van der Waals surface area contributed by atoms with Gasteiger partial charge in [0.2, 0.25) is 0 Å². The molecule has 3 amide bonds. The molecule has 30 heavy (non-hydrogen) atoms. The van der Waals surface area contributed by atoms with Crippen molar-refractivity contribution >= 4 is 23.7 Å². The maximum Gasteiger partial charge on any atom is 0.306 e. The fourth-order valence-corrected chi connectivity index (χ4v) is 3.32. The molecule has 7 heteroatoms. The lowest BCUT2D eigenvalue weighted by molar-refractivity contribution is -0.148. The highest BCUT2D eigenvalue weighted by atomic mass is 16.5. The number of nitrogens with one attached hydrogen (secondary N) is 1. The number of ether oxygens (including phenoxy) is 1. The third kappa shape index (κ3) is 5.11. The van der Waals surface area contributed by atoms with E-state index < -0.39 is 5.97 Å². The highest BCUT2D eigenvalue weighted by molar-refractivity contribution is 6.21. The molecule has 0 saturated heterocycles. The van der Waals surface area contributed by atoms with Crippen LogP contribution in [-0.2, 0) is 20.7 Å². The molecule has 2 aromatic carbocycles. The van der Waals surface area contributed by atoms with Crippen molar-refractivity contribution < 1.29 is 23.9 Å². The van der Waals surface area contributed by atoms with Crippen molar-refractivity contribution in [2.75, 3.05) is 19.7 Å². The number of carbonyl (C=O) groups excluding carboxylic acids is 4. The van der Waals surface area contributed by atoms with Gasteiger partial charge in [-0.2, -0.15) is 0 Å². The molecular weight excluding hydrogens is 384 g/mol. The lowest BCUT2D eigenvalue weighted by Gasteiger charge is -2.13. The van der Waals surface area contributed by atoms with E-state index in [0.717, 1.165) is 16.0 Å². The molecule has 0 radical (unpaired) electrons. The molecule has 2 aromatic rings. The summed E-state index contributed by atoms with van der Waals surface area (Å²) in [6.45, 7) is 2.26. The number of nitrogens with zero attached hydrogens (tertiary/aromatic N) is 1. The predicted octanol–water partition coefficient (Wildman–Crippen LogP) is 2.27. The molecule has 7 nitrogen and oxygen atoms in total. The number of imide groups is 1. The number of aryl methyl sites for hydroxylation is 1. The maximum absolute atomic E-state index is 12.3. The van der Waals surface area contributed by atoms with Crippen LogP contribution in [0.15, 0.2) is 48.5 Å². The predicted molar refractivity (Wildman–Crippen MR) is 110 cm³/mol. The first-order valence-corrected chi connectivity index (χ1v) is 9.89. The van der Waals surface area contributed by atoms with Crippen LogP contribution in [0.2, 0.25) is 0 Å². The van der Waals surface area contributed by atoms with E-state index in [1.54, 1.807) is 24.3 Å². The summed E-state index contributed by atoms with van der Waals surface area (Å²) in [5.41, 5.74) is 3.08. The summed E-state index contributed by atoms with van der Waals surface area (Å²) in [5.74, 6) is -1.60. The summed E-state index contributed by atoms with van der Waals surface area (Å²) in [6, 6.07) is 14.6. The number of benzene rings is 2. The smallest absolute Gasteiger partial charge is 0.306 e. The van der Waals surface area contributed by atoms with E-state index in [2.05, 4.69) is 5.32 Å².